The van der Waals surface area contributed by atoms with Gasteiger partial charge in [-0.2, -0.15) is 0 Å². The van der Waals surface area contributed by atoms with E-state index in [2.05, 4.69) is 66.7 Å². The summed E-state index contributed by atoms with van der Waals surface area (Å²) in [4.78, 5) is 28.6. The van der Waals surface area contributed by atoms with Crippen LogP contribution in [0.1, 0.15) is 92.3 Å². The van der Waals surface area contributed by atoms with E-state index in [1.807, 2.05) is 54.6 Å². The summed E-state index contributed by atoms with van der Waals surface area (Å²) in [6, 6.07) is 26.6. The number of hydrogen-bond donors (Lipinski definition) is 1. The summed E-state index contributed by atoms with van der Waals surface area (Å²) in [5.74, 6) is -0.254. The minimum Gasteiger partial charge on any atom is -0.505 e. The summed E-state index contributed by atoms with van der Waals surface area (Å²) >= 11 is 0. The fraction of sp³-hybridized carbons (Fsp3) is 0.316. The molecule has 0 unspecified atom stereocenters. The standard InChI is InChI=1S/C38H42N4O3/c1-36(2,3)24-37(4,5)27-20-30(38(6,7)26-15-11-9-12-16-26)34(44)33(21-27)42-39-31-19-25(23-43)29(22-32(31)40-42)35(45)41(8)28-17-13-10-14-18-28/h9-23,44H,24H2,1-8H3. The Hall–Kier alpha value is -4.78. The summed E-state index contributed by atoms with van der Waals surface area (Å²) < 4.78 is 0. The number of aromatic nitrogens is 3. The third-order valence-corrected chi connectivity index (χ3v) is 8.58. The molecule has 0 radical (unpaired) electrons. The third kappa shape index (κ3) is 6.25. The molecule has 0 spiro atoms. The van der Waals surface area contributed by atoms with Gasteiger partial charge in [0.05, 0.1) is 5.56 Å². The fourth-order valence-corrected chi connectivity index (χ4v) is 6.40. The molecule has 7 heteroatoms. The molecular formula is C38H42N4O3. The number of amides is 1. The number of aldehydes is 1. The van der Waals surface area contributed by atoms with Gasteiger partial charge < -0.3 is 10.0 Å². The number of hydrogen-bond acceptors (Lipinski definition) is 5. The highest BCUT2D eigenvalue weighted by atomic mass is 16.3. The zero-order chi connectivity index (χ0) is 32.7. The SMILES string of the molecule is CN(C(=O)c1cc2nn(-c3cc(C(C)(C)CC(C)(C)C)cc(C(C)(C)c4ccccc4)c3O)nc2cc1C=O)c1ccccc1. The molecule has 0 atom stereocenters. The van der Waals surface area contributed by atoms with Gasteiger partial charge in [-0.05, 0) is 58.7 Å². The number of carbonyl (C=O) groups is 2. The Morgan fingerprint density at radius 1 is 0.822 bits per heavy atom. The number of phenolic OH excluding ortho intramolecular Hbond substituents is 1. The van der Waals surface area contributed by atoms with Crippen LogP contribution in [0.2, 0.25) is 0 Å². The molecular weight excluding hydrogens is 560 g/mol. The number of aromatic hydroxyl groups is 1. The maximum Gasteiger partial charge on any atom is 0.258 e. The molecule has 7 nitrogen and oxygen atoms in total. The van der Waals surface area contributed by atoms with E-state index in [0.29, 0.717) is 28.7 Å². The number of carbonyl (C=O) groups excluding carboxylic acids is 2. The average Bonchev–Trinajstić information content (AvgIpc) is 3.42. The Balaban J connectivity index is 1.69. The number of rotatable bonds is 8. The van der Waals surface area contributed by atoms with E-state index in [1.165, 1.54) is 9.70 Å². The lowest BCUT2D eigenvalue weighted by Gasteiger charge is -2.35. The van der Waals surface area contributed by atoms with Gasteiger partial charge in [-0.1, -0.05) is 103 Å². The highest BCUT2D eigenvalue weighted by Crippen LogP contribution is 2.44. The van der Waals surface area contributed by atoms with E-state index in [0.717, 1.165) is 23.1 Å². The highest BCUT2D eigenvalue weighted by molar-refractivity contribution is 6.11. The molecule has 0 saturated heterocycles. The molecule has 1 heterocycles. The molecule has 0 aliphatic carbocycles. The number of fused-ring (bicyclic) bond motifs is 1. The lowest BCUT2D eigenvalue weighted by atomic mass is 9.70. The van der Waals surface area contributed by atoms with Gasteiger partial charge in [0.2, 0.25) is 0 Å². The molecule has 0 bridgehead atoms. The van der Waals surface area contributed by atoms with Crippen LogP contribution < -0.4 is 4.90 Å². The zero-order valence-corrected chi connectivity index (χ0v) is 27.4. The maximum atomic E-state index is 13.5. The normalized spacial score (nSPS) is 12.4. The van der Waals surface area contributed by atoms with Crippen molar-refractivity contribution < 1.29 is 14.7 Å². The molecule has 45 heavy (non-hydrogen) atoms. The number of para-hydroxylation sites is 1. The molecule has 5 rings (SSSR count). The van der Waals surface area contributed by atoms with Crippen molar-refractivity contribution in [2.75, 3.05) is 11.9 Å². The van der Waals surface area contributed by atoms with Crippen molar-refractivity contribution in [3.8, 4) is 11.4 Å². The molecule has 1 amide bonds. The third-order valence-electron chi connectivity index (χ3n) is 8.58. The number of anilines is 1. The first-order valence-corrected chi connectivity index (χ1v) is 15.3. The predicted octanol–water partition coefficient (Wildman–Crippen LogP) is 8.25. The zero-order valence-electron chi connectivity index (χ0n) is 27.4. The van der Waals surface area contributed by atoms with E-state index in [9.17, 15) is 14.7 Å². The van der Waals surface area contributed by atoms with Gasteiger partial charge in [-0.3, -0.25) is 9.59 Å². The van der Waals surface area contributed by atoms with Crippen LogP contribution in [0.5, 0.6) is 5.75 Å². The topological polar surface area (TPSA) is 88.3 Å². The maximum absolute atomic E-state index is 13.5. The van der Waals surface area contributed by atoms with E-state index >= 15 is 0 Å². The van der Waals surface area contributed by atoms with Gasteiger partial charge in [0.15, 0.2) is 6.29 Å². The van der Waals surface area contributed by atoms with Crippen molar-refractivity contribution >= 4 is 28.9 Å². The summed E-state index contributed by atoms with van der Waals surface area (Å²) in [7, 11) is 1.67. The van der Waals surface area contributed by atoms with Crippen molar-refractivity contribution in [1.82, 2.24) is 15.0 Å². The van der Waals surface area contributed by atoms with Gasteiger partial charge in [-0.25, -0.2) is 0 Å². The average molecular weight is 603 g/mol. The lowest BCUT2D eigenvalue weighted by molar-refractivity contribution is 0.0986. The molecule has 1 N–H and O–H groups in total. The number of phenols is 1. The molecule has 0 fully saturated rings. The molecule has 1 aromatic heterocycles. The van der Waals surface area contributed by atoms with Gasteiger partial charge in [-0.15, -0.1) is 15.0 Å². The molecule has 5 aromatic rings. The van der Waals surface area contributed by atoms with Crippen molar-refractivity contribution in [1.29, 1.82) is 0 Å². The van der Waals surface area contributed by atoms with Crippen LogP contribution >= 0.6 is 0 Å². The second kappa shape index (κ2) is 11.6. The predicted molar refractivity (Wildman–Crippen MR) is 181 cm³/mol. The van der Waals surface area contributed by atoms with Crippen molar-refractivity contribution in [3.63, 3.8) is 0 Å². The minimum absolute atomic E-state index is 0.0658. The van der Waals surface area contributed by atoms with Crippen molar-refractivity contribution in [3.05, 3.63) is 113 Å². The molecule has 0 aliphatic heterocycles. The van der Waals surface area contributed by atoms with Gasteiger partial charge in [0, 0.05) is 29.3 Å². The van der Waals surface area contributed by atoms with Crippen LogP contribution in [0.15, 0.2) is 84.9 Å². The van der Waals surface area contributed by atoms with E-state index < -0.39 is 5.41 Å². The van der Waals surface area contributed by atoms with Gasteiger partial charge >= 0.3 is 0 Å². The van der Waals surface area contributed by atoms with Crippen molar-refractivity contribution in [2.45, 2.75) is 65.7 Å². The van der Waals surface area contributed by atoms with Crippen LogP contribution in [0.4, 0.5) is 5.69 Å². The first-order valence-electron chi connectivity index (χ1n) is 15.3. The summed E-state index contributed by atoms with van der Waals surface area (Å²) in [5.41, 5.74) is 4.65. The first-order chi connectivity index (χ1) is 21.1. The van der Waals surface area contributed by atoms with Gasteiger partial charge in [0.25, 0.3) is 5.91 Å². The Morgan fingerprint density at radius 3 is 1.98 bits per heavy atom. The second-order valence-corrected chi connectivity index (χ2v) is 14.2. The fourth-order valence-electron chi connectivity index (χ4n) is 6.40. The second-order valence-electron chi connectivity index (χ2n) is 14.2. The van der Waals surface area contributed by atoms with Crippen LogP contribution in [0.3, 0.4) is 0 Å². The quantitative estimate of drug-likeness (QED) is 0.181. The highest BCUT2D eigenvalue weighted by Gasteiger charge is 2.34. The van der Waals surface area contributed by atoms with E-state index in [1.54, 1.807) is 19.2 Å². The van der Waals surface area contributed by atoms with Crippen LogP contribution in [0, 0.1) is 5.41 Å². The molecule has 4 aromatic carbocycles. The lowest BCUT2D eigenvalue weighted by Crippen LogP contribution is -2.27. The number of benzene rings is 4. The monoisotopic (exact) mass is 602 g/mol. The molecule has 0 aliphatic rings. The molecule has 0 saturated carbocycles. The Kier molecular flexibility index (Phi) is 8.17. The van der Waals surface area contributed by atoms with Crippen molar-refractivity contribution in [2.24, 2.45) is 5.41 Å². The Labute approximate surface area is 265 Å². The summed E-state index contributed by atoms with van der Waals surface area (Å²) in [6.45, 7) is 15.3. The first kappa shape index (κ1) is 31.6. The molecule has 232 valence electrons. The largest absolute Gasteiger partial charge is 0.505 e. The summed E-state index contributed by atoms with van der Waals surface area (Å²) in [6.07, 6.45) is 1.57. The van der Waals surface area contributed by atoms with E-state index in [4.69, 9.17) is 10.2 Å². The smallest absolute Gasteiger partial charge is 0.258 e. The van der Waals surface area contributed by atoms with E-state index in [-0.39, 0.29) is 33.6 Å². The minimum atomic E-state index is -0.535. The Bertz CT molecular complexity index is 1870. The van der Waals surface area contributed by atoms with Crippen LogP contribution in [-0.4, -0.2) is 39.3 Å². The van der Waals surface area contributed by atoms with Crippen LogP contribution in [-0.2, 0) is 10.8 Å². The van der Waals surface area contributed by atoms with Crippen LogP contribution in [0.25, 0.3) is 16.7 Å². The van der Waals surface area contributed by atoms with Gasteiger partial charge in [0.1, 0.15) is 22.5 Å². The Morgan fingerprint density at radius 2 is 1.40 bits per heavy atom. The number of nitrogens with zero attached hydrogens (tertiary/aromatic N) is 4. The summed E-state index contributed by atoms with van der Waals surface area (Å²) in [5, 5.41) is 21.4.